The van der Waals surface area contributed by atoms with Crippen LogP contribution in [-0.2, 0) is 10.3 Å². The van der Waals surface area contributed by atoms with Gasteiger partial charge in [-0.1, -0.05) is 36.8 Å². The van der Waals surface area contributed by atoms with Gasteiger partial charge in [0.1, 0.15) is 5.60 Å². The lowest BCUT2D eigenvalue weighted by Crippen LogP contribution is -2.42. The SMILES string of the molecule is COCC(O)(c1ccccc1)C1CCC1. The average Bonchev–Trinajstić information content (AvgIpc) is 2.17. The molecule has 0 saturated heterocycles. The van der Waals surface area contributed by atoms with Crippen molar-refractivity contribution in [3.8, 4) is 0 Å². The van der Waals surface area contributed by atoms with Crippen LogP contribution in [0.4, 0.5) is 0 Å². The smallest absolute Gasteiger partial charge is 0.116 e. The number of hydrogen-bond donors (Lipinski definition) is 1. The Morgan fingerprint density at radius 2 is 2.00 bits per heavy atom. The lowest BCUT2D eigenvalue weighted by atomic mass is 9.70. The Morgan fingerprint density at radius 1 is 1.33 bits per heavy atom. The topological polar surface area (TPSA) is 29.5 Å². The van der Waals surface area contributed by atoms with Crippen LogP contribution in [-0.4, -0.2) is 18.8 Å². The van der Waals surface area contributed by atoms with E-state index in [4.69, 9.17) is 4.74 Å². The highest BCUT2D eigenvalue weighted by Crippen LogP contribution is 2.42. The van der Waals surface area contributed by atoms with E-state index in [-0.39, 0.29) is 0 Å². The second-order valence-corrected chi connectivity index (χ2v) is 4.35. The Balaban J connectivity index is 2.25. The van der Waals surface area contributed by atoms with Crippen LogP contribution in [0, 0.1) is 5.92 Å². The molecule has 0 aromatic heterocycles. The molecular formula is C13H18O2. The maximum absolute atomic E-state index is 10.7. The molecule has 0 radical (unpaired) electrons. The summed E-state index contributed by atoms with van der Waals surface area (Å²) in [4.78, 5) is 0. The van der Waals surface area contributed by atoms with Gasteiger partial charge in [-0.3, -0.25) is 0 Å². The van der Waals surface area contributed by atoms with Crippen LogP contribution in [0.25, 0.3) is 0 Å². The first-order valence-corrected chi connectivity index (χ1v) is 5.54. The molecular weight excluding hydrogens is 188 g/mol. The predicted octanol–water partition coefficient (Wildman–Crippen LogP) is 2.32. The van der Waals surface area contributed by atoms with Crippen molar-refractivity contribution in [1.82, 2.24) is 0 Å². The van der Waals surface area contributed by atoms with E-state index in [0.717, 1.165) is 18.4 Å². The summed E-state index contributed by atoms with van der Waals surface area (Å²) >= 11 is 0. The summed E-state index contributed by atoms with van der Waals surface area (Å²) < 4.78 is 5.17. The summed E-state index contributed by atoms with van der Waals surface area (Å²) in [7, 11) is 1.65. The van der Waals surface area contributed by atoms with Gasteiger partial charge < -0.3 is 9.84 Å². The normalized spacial score (nSPS) is 20.7. The highest BCUT2D eigenvalue weighted by Gasteiger charge is 2.41. The first-order chi connectivity index (χ1) is 7.27. The van der Waals surface area contributed by atoms with Crippen LogP contribution < -0.4 is 0 Å². The fraction of sp³-hybridized carbons (Fsp3) is 0.538. The molecule has 1 aromatic rings. The van der Waals surface area contributed by atoms with Gasteiger partial charge in [0.25, 0.3) is 0 Å². The highest BCUT2D eigenvalue weighted by molar-refractivity contribution is 5.24. The largest absolute Gasteiger partial charge is 0.382 e. The summed E-state index contributed by atoms with van der Waals surface area (Å²) in [5.74, 6) is 0.361. The van der Waals surface area contributed by atoms with Crippen LogP contribution >= 0.6 is 0 Å². The fourth-order valence-corrected chi connectivity index (χ4v) is 2.27. The van der Waals surface area contributed by atoms with Crippen molar-refractivity contribution in [3.05, 3.63) is 35.9 Å². The quantitative estimate of drug-likeness (QED) is 0.819. The Morgan fingerprint density at radius 3 is 2.47 bits per heavy atom. The number of methoxy groups -OCH3 is 1. The molecule has 0 spiro atoms. The fourth-order valence-electron chi connectivity index (χ4n) is 2.27. The third-order valence-electron chi connectivity index (χ3n) is 3.42. The van der Waals surface area contributed by atoms with Crippen molar-refractivity contribution in [2.24, 2.45) is 5.92 Å². The van der Waals surface area contributed by atoms with Gasteiger partial charge in [0.2, 0.25) is 0 Å². The summed E-state index contributed by atoms with van der Waals surface area (Å²) in [5, 5.41) is 10.7. The molecule has 15 heavy (non-hydrogen) atoms. The van der Waals surface area contributed by atoms with Gasteiger partial charge in [0.05, 0.1) is 6.61 Å². The highest BCUT2D eigenvalue weighted by atomic mass is 16.5. The molecule has 0 heterocycles. The van der Waals surface area contributed by atoms with Crippen LogP contribution in [0.1, 0.15) is 24.8 Å². The van der Waals surface area contributed by atoms with E-state index in [2.05, 4.69) is 0 Å². The molecule has 2 nitrogen and oxygen atoms in total. The first-order valence-electron chi connectivity index (χ1n) is 5.54. The zero-order valence-corrected chi connectivity index (χ0v) is 9.15. The Bertz CT molecular complexity index is 306. The van der Waals surface area contributed by atoms with Crippen molar-refractivity contribution in [2.45, 2.75) is 24.9 Å². The monoisotopic (exact) mass is 206 g/mol. The third kappa shape index (κ3) is 1.92. The molecule has 1 unspecified atom stereocenters. The van der Waals surface area contributed by atoms with Crippen molar-refractivity contribution in [2.75, 3.05) is 13.7 Å². The van der Waals surface area contributed by atoms with Crippen LogP contribution in [0.5, 0.6) is 0 Å². The lowest BCUT2D eigenvalue weighted by molar-refractivity contribution is -0.103. The maximum atomic E-state index is 10.7. The molecule has 1 aliphatic rings. The van der Waals surface area contributed by atoms with Gasteiger partial charge in [0, 0.05) is 7.11 Å². The summed E-state index contributed by atoms with van der Waals surface area (Å²) in [6.07, 6.45) is 3.44. The third-order valence-corrected chi connectivity index (χ3v) is 3.42. The van der Waals surface area contributed by atoms with Crippen LogP contribution in [0.15, 0.2) is 30.3 Å². The number of hydrogen-bond acceptors (Lipinski definition) is 2. The van der Waals surface area contributed by atoms with Crippen LogP contribution in [0.2, 0.25) is 0 Å². The average molecular weight is 206 g/mol. The predicted molar refractivity (Wildman–Crippen MR) is 59.6 cm³/mol. The van der Waals surface area contributed by atoms with E-state index < -0.39 is 5.60 Å². The van der Waals surface area contributed by atoms with E-state index in [1.165, 1.54) is 6.42 Å². The summed E-state index contributed by atoms with van der Waals surface area (Å²) in [5.41, 5.74) is 0.199. The minimum atomic E-state index is -0.783. The molecule has 1 saturated carbocycles. The number of rotatable bonds is 4. The number of aliphatic hydroxyl groups is 1. The first kappa shape index (κ1) is 10.7. The van der Waals surface area contributed by atoms with Crippen molar-refractivity contribution in [1.29, 1.82) is 0 Å². The second kappa shape index (κ2) is 4.33. The number of benzene rings is 1. The maximum Gasteiger partial charge on any atom is 0.116 e. The standard InChI is InChI=1S/C13H18O2/c1-15-10-13(14,12-8-5-9-12)11-6-3-2-4-7-11/h2-4,6-7,12,14H,5,8-10H2,1H3. The number of ether oxygens (including phenoxy) is 1. The van der Waals surface area contributed by atoms with E-state index in [9.17, 15) is 5.11 Å². The zero-order valence-electron chi connectivity index (χ0n) is 9.15. The second-order valence-electron chi connectivity index (χ2n) is 4.35. The van der Waals surface area contributed by atoms with E-state index >= 15 is 0 Å². The molecule has 1 aliphatic carbocycles. The van der Waals surface area contributed by atoms with Crippen molar-refractivity contribution >= 4 is 0 Å². The van der Waals surface area contributed by atoms with E-state index in [1.807, 2.05) is 30.3 Å². The summed E-state index contributed by atoms with van der Waals surface area (Å²) in [6.45, 7) is 0.391. The Labute approximate surface area is 90.9 Å². The van der Waals surface area contributed by atoms with E-state index in [0.29, 0.717) is 12.5 Å². The van der Waals surface area contributed by atoms with Crippen molar-refractivity contribution < 1.29 is 9.84 Å². The molecule has 1 N–H and O–H groups in total. The molecule has 0 aliphatic heterocycles. The van der Waals surface area contributed by atoms with Gasteiger partial charge in [-0.2, -0.15) is 0 Å². The van der Waals surface area contributed by atoms with Gasteiger partial charge >= 0.3 is 0 Å². The van der Waals surface area contributed by atoms with Gasteiger partial charge in [-0.05, 0) is 24.3 Å². The van der Waals surface area contributed by atoms with Gasteiger partial charge in [-0.25, -0.2) is 0 Å². The molecule has 2 rings (SSSR count). The molecule has 0 amide bonds. The Kier molecular flexibility index (Phi) is 3.08. The summed E-state index contributed by atoms with van der Waals surface area (Å²) in [6, 6.07) is 9.87. The van der Waals surface area contributed by atoms with E-state index in [1.54, 1.807) is 7.11 Å². The van der Waals surface area contributed by atoms with Crippen molar-refractivity contribution in [3.63, 3.8) is 0 Å². The van der Waals surface area contributed by atoms with Crippen LogP contribution in [0.3, 0.4) is 0 Å². The minimum Gasteiger partial charge on any atom is -0.382 e. The lowest BCUT2D eigenvalue weighted by Gasteiger charge is -2.41. The molecule has 1 atom stereocenters. The molecule has 1 aromatic carbocycles. The molecule has 1 fully saturated rings. The minimum absolute atomic E-state index is 0.361. The van der Waals surface area contributed by atoms with Gasteiger partial charge in [0.15, 0.2) is 0 Å². The molecule has 2 heteroatoms. The Hall–Kier alpha value is -0.860. The molecule has 82 valence electrons. The van der Waals surface area contributed by atoms with Gasteiger partial charge in [-0.15, -0.1) is 0 Å². The molecule has 0 bridgehead atoms. The zero-order chi connectivity index (χ0) is 10.7.